The highest BCUT2D eigenvalue weighted by molar-refractivity contribution is 5.97. The predicted molar refractivity (Wildman–Crippen MR) is 100 cm³/mol. The normalized spacial score (nSPS) is 10.9. The van der Waals surface area contributed by atoms with E-state index in [9.17, 15) is 9.59 Å². The van der Waals surface area contributed by atoms with E-state index in [1.54, 1.807) is 23.0 Å². The highest BCUT2D eigenvalue weighted by Crippen LogP contribution is 2.25. The number of aromatic nitrogens is 4. The number of nitrogens with zero attached hydrogens (tertiary/aromatic N) is 3. The molecule has 0 spiro atoms. The van der Waals surface area contributed by atoms with Crippen molar-refractivity contribution >= 4 is 17.1 Å². The van der Waals surface area contributed by atoms with Gasteiger partial charge in [-0.2, -0.15) is 0 Å². The molecular weight excluding hydrogens is 344 g/mol. The van der Waals surface area contributed by atoms with Crippen molar-refractivity contribution in [2.75, 3.05) is 7.11 Å². The van der Waals surface area contributed by atoms with Crippen molar-refractivity contribution in [2.24, 2.45) is 0 Å². The number of hydrogen-bond acceptors (Lipinski definition) is 5. The highest BCUT2D eigenvalue weighted by atomic mass is 16.5. The van der Waals surface area contributed by atoms with Crippen molar-refractivity contribution in [3.05, 3.63) is 82.7 Å². The number of aromatic amines is 1. The second kappa shape index (κ2) is 6.87. The summed E-state index contributed by atoms with van der Waals surface area (Å²) in [5.41, 5.74) is 3.88. The van der Waals surface area contributed by atoms with Gasteiger partial charge in [-0.05, 0) is 22.8 Å². The molecule has 2 aromatic heterocycles. The monoisotopic (exact) mass is 360 g/mol. The van der Waals surface area contributed by atoms with Crippen LogP contribution >= 0.6 is 0 Å². The third kappa shape index (κ3) is 3.10. The minimum absolute atomic E-state index is 0.221. The fourth-order valence-electron chi connectivity index (χ4n) is 3.05. The van der Waals surface area contributed by atoms with E-state index in [1.165, 1.54) is 13.4 Å². The van der Waals surface area contributed by atoms with E-state index in [1.807, 2.05) is 36.4 Å². The van der Waals surface area contributed by atoms with Crippen LogP contribution in [-0.4, -0.2) is 32.6 Å². The summed E-state index contributed by atoms with van der Waals surface area (Å²) in [6, 6.07) is 15.1. The third-order valence-electron chi connectivity index (χ3n) is 4.37. The maximum absolute atomic E-state index is 12.0. The average Bonchev–Trinajstić information content (AvgIpc) is 3.12. The van der Waals surface area contributed by atoms with E-state index in [0.717, 1.165) is 16.7 Å². The van der Waals surface area contributed by atoms with Gasteiger partial charge in [0.1, 0.15) is 0 Å². The molecule has 27 heavy (non-hydrogen) atoms. The maximum Gasteiger partial charge on any atom is 0.338 e. The summed E-state index contributed by atoms with van der Waals surface area (Å²) in [6.07, 6.45) is 2.95. The standard InChI is InChI=1S/C20H16N4O3/c1-27-20(26)16-5-3-2-4-15(16)14-8-6-13(7-9-14)10-24-12-23-18-17(24)19(25)22-11-21-18/h2-9,11-12H,10H2,1H3,(H,21,22,25). The van der Waals surface area contributed by atoms with Gasteiger partial charge in [0.15, 0.2) is 11.2 Å². The number of carbonyl (C=O) groups is 1. The molecule has 0 saturated carbocycles. The Hall–Kier alpha value is -3.74. The molecule has 2 heterocycles. The van der Waals surface area contributed by atoms with Crippen LogP contribution < -0.4 is 5.56 Å². The van der Waals surface area contributed by atoms with Gasteiger partial charge in [-0.3, -0.25) is 4.79 Å². The lowest BCUT2D eigenvalue weighted by Gasteiger charge is -2.09. The molecule has 0 aliphatic carbocycles. The van der Waals surface area contributed by atoms with Crippen molar-refractivity contribution in [3.8, 4) is 11.1 Å². The number of fused-ring (bicyclic) bond motifs is 1. The molecule has 134 valence electrons. The lowest BCUT2D eigenvalue weighted by molar-refractivity contribution is 0.0601. The molecule has 0 amide bonds. The summed E-state index contributed by atoms with van der Waals surface area (Å²) in [7, 11) is 1.37. The number of methoxy groups -OCH3 is 1. The van der Waals surface area contributed by atoms with Gasteiger partial charge in [-0.25, -0.2) is 14.8 Å². The first kappa shape index (κ1) is 16.7. The van der Waals surface area contributed by atoms with E-state index in [2.05, 4.69) is 15.0 Å². The van der Waals surface area contributed by atoms with Crippen LogP contribution in [0.1, 0.15) is 15.9 Å². The van der Waals surface area contributed by atoms with Crippen molar-refractivity contribution in [1.29, 1.82) is 0 Å². The van der Waals surface area contributed by atoms with E-state index in [0.29, 0.717) is 23.3 Å². The molecule has 4 rings (SSSR count). The van der Waals surface area contributed by atoms with Crippen LogP contribution in [0.5, 0.6) is 0 Å². The zero-order valence-electron chi connectivity index (χ0n) is 14.5. The van der Waals surface area contributed by atoms with Gasteiger partial charge < -0.3 is 14.3 Å². The van der Waals surface area contributed by atoms with Crippen LogP contribution in [0, 0.1) is 0 Å². The van der Waals surface area contributed by atoms with Gasteiger partial charge in [-0.15, -0.1) is 0 Å². The number of ether oxygens (including phenoxy) is 1. The highest BCUT2D eigenvalue weighted by Gasteiger charge is 2.13. The van der Waals surface area contributed by atoms with E-state index >= 15 is 0 Å². The maximum atomic E-state index is 12.0. The van der Waals surface area contributed by atoms with Crippen LogP contribution in [-0.2, 0) is 11.3 Å². The topological polar surface area (TPSA) is 89.9 Å². The molecule has 7 heteroatoms. The van der Waals surface area contributed by atoms with Crippen LogP contribution in [0.2, 0.25) is 0 Å². The van der Waals surface area contributed by atoms with Crippen molar-refractivity contribution in [2.45, 2.75) is 6.54 Å². The third-order valence-corrected chi connectivity index (χ3v) is 4.37. The first-order chi connectivity index (χ1) is 13.2. The molecule has 0 atom stereocenters. The van der Waals surface area contributed by atoms with Gasteiger partial charge in [0.25, 0.3) is 5.56 Å². The Balaban J connectivity index is 1.65. The molecule has 0 fully saturated rings. The number of carbonyl (C=O) groups excluding carboxylic acids is 1. The SMILES string of the molecule is COC(=O)c1ccccc1-c1ccc(Cn2cnc3nc[nH]c(=O)c32)cc1. The van der Waals surface area contributed by atoms with Crippen LogP contribution in [0.3, 0.4) is 0 Å². The molecule has 0 aliphatic rings. The minimum atomic E-state index is -0.369. The first-order valence-electron chi connectivity index (χ1n) is 8.32. The van der Waals surface area contributed by atoms with E-state index < -0.39 is 0 Å². The number of nitrogens with one attached hydrogen (secondary N) is 1. The Morgan fingerprint density at radius 1 is 1.11 bits per heavy atom. The summed E-state index contributed by atoms with van der Waals surface area (Å²) in [5.74, 6) is -0.369. The lowest BCUT2D eigenvalue weighted by atomic mass is 9.98. The van der Waals surface area contributed by atoms with Crippen molar-refractivity contribution < 1.29 is 9.53 Å². The quantitative estimate of drug-likeness (QED) is 0.565. The van der Waals surface area contributed by atoms with Gasteiger partial charge in [0, 0.05) is 6.54 Å². The number of hydrogen-bond donors (Lipinski definition) is 1. The van der Waals surface area contributed by atoms with Gasteiger partial charge in [-0.1, -0.05) is 42.5 Å². The molecule has 0 saturated heterocycles. The Morgan fingerprint density at radius 3 is 2.67 bits per heavy atom. The van der Waals surface area contributed by atoms with Crippen LogP contribution in [0.4, 0.5) is 0 Å². The zero-order chi connectivity index (χ0) is 18.8. The molecule has 4 aromatic rings. The second-order valence-electron chi connectivity index (χ2n) is 6.01. The molecule has 0 unspecified atom stereocenters. The molecule has 0 aliphatic heterocycles. The molecule has 0 bridgehead atoms. The van der Waals surface area contributed by atoms with Crippen molar-refractivity contribution in [1.82, 2.24) is 19.5 Å². The van der Waals surface area contributed by atoms with Crippen LogP contribution in [0.15, 0.2) is 66.0 Å². The Labute approximate surface area is 154 Å². The Bertz CT molecular complexity index is 1180. The average molecular weight is 360 g/mol. The lowest BCUT2D eigenvalue weighted by Crippen LogP contribution is -2.11. The Morgan fingerprint density at radius 2 is 1.89 bits per heavy atom. The first-order valence-corrected chi connectivity index (χ1v) is 8.32. The number of esters is 1. The minimum Gasteiger partial charge on any atom is -0.465 e. The molecular formula is C20H16N4O3. The van der Waals surface area contributed by atoms with Gasteiger partial charge in [0.05, 0.1) is 25.3 Å². The summed E-state index contributed by atoms with van der Waals surface area (Å²) in [4.78, 5) is 34.8. The second-order valence-corrected chi connectivity index (χ2v) is 6.01. The number of imidazole rings is 1. The van der Waals surface area contributed by atoms with Crippen LogP contribution in [0.25, 0.3) is 22.3 Å². The summed E-state index contributed by atoms with van der Waals surface area (Å²) >= 11 is 0. The zero-order valence-corrected chi connectivity index (χ0v) is 14.5. The number of rotatable bonds is 4. The summed E-state index contributed by atoms with van der Waals surface area (Å²) < 4.78 is 6.62. The molecule has 2 aromatic carbocycles. The van der Waals surface area contributed by atoms with Crippen molar-refractivity contribution in [3.63, 3.8) is 0 Å². The predicted octanol–water partition coefficient (Wildman–Crippen LogP) is 2.62. The van der Waals surface area contributed by atoms with Gasteiger partial charge in [0.2, 0.25) is 0 Å². The fourth-order valence-corrected chi connectivity index (χ4v) is 3.05. The molecule has 0 radical (unpaired) electrons. The number of H-pyrrole nitrogens is 1. The smallest absolute Gasteiger partial charge is 0.338 e. The van der Waals surface area contributed by atoms with Gasteiger partial charge >= 0.3 is 5.97 Å². The summed E-state index contributed by atoms with van der Waals surface area (Å²) in [5, 5.41) is 0. The summed E-state index contributed by atoms with van der Waals surface area (Å²) in [6.45, 7) is 0.490. The largest absolute Gasteiger partial charge is 0.465 e. The Kier molecular flexibility index (Phi) is 4.25. The molecule has 1 N–H and O–H groups in total. The van der Waals surface area contributed by atoms with E-state index in [4.69, 9.17) is 4.74 Å². The molecule has 7 nitrogen and oxygen atoms in total. The number of benzene rings is 2. The fraction of sp³-hybridized carbons (Fsp3) is 0.100. The van der Waals surface area contributed by atoms with E-state index in [-0.39, 0.29) is 11.5 Å².